The molecule has 0 bridgehead atoms. The fourth-order valence-corrected chi connectivity index (χ4v) is 5.62. The highest BCUT2D eigenvalue weighted by Crippen LogP contribution is 2.47. The summed E-state index contributed by atoms with van der Waals surface area (Å²) in [6.45, 7) is 13.3. The molecule has 4 heterocycles. The molecule has 0 saturated carbocycles. The first-order valence-electron chi connectivity index (χ1n) is 12.4. The monoisotopic (exact) mass is 458 g/mol. The molecule has 2 aliphatic heterocycles. The lowest BCUT2D eigenvalue weighted by Gasteiger charge is -2.42. The SMILES string of the molecule is CC(C)(CCC(C)(C)C1(C)Cn2c(nc3ccccc32)O1)CC1Cn2c(nc3ccccc32)O1. The molecule has 2 aromatic carbocycles. The predicted molar refractivity (Wildman–Crippen MR) is 134 cm³/mol. The van der Waals surface area contributed by atoms with E-state index < -0.39 is 0 Å². The fourth-order valence-electron chi connectivity index (χ4n) is 5.62. The second-order valence-electron chi connectivity index (χ2n) is 11.8. The number of hydrogen-bond donors (Lipinski definition) is 0. The standard InChI is InChI=1S/C28H34N4O2/c1-26(2,16-19-17-31-22-12-8-6-10-20(22)29-24(31)33-19)14-15-27(3,4)28(5)18-32-23-13-9-7-11-21(23)30-25(32)34-28/h6-13,19H,14-18H2,1-5H3. The summed E-state index contributed by atoms with van der Waals surface area (Å²) in [5.41, 5.74) is 4.18. The first kappa shape index (κ1) is 21.5. The first-order chi connectivity index (χ1) is 16.1. The molecule has 0 radical (unpaired) electrons. The normalized spacial score (nSPS) is 22.1. The van der Waals surface area contributed by atoms with E-state index in [0.717, 1.165) is 66.4 Å². The molecule has 178 valence electrons. The number of fused-ring (bicyclic) bond motifs is 6. The molecular formula is C28H34N4O2. The lowest BCUT2D eigenvalue weighted by atomic mass is 9.69. The van der Waals surface area contributed by atoms with Gasteiger partial charge >= 0.3 is 0 Å². The molecule has 2 unspecified atom stereocenters. The molecule has 0 saturated heterocycles. The van der Waals surface area contributed by atoms with Crippen molar-refractivity contribution in [3.63, 3.8) is 0 Å². The van der Waals surface area contributed by atoms with E-state index in [0.29, 0.717) is 0 Å². The van der Waals surface area contributed by atoms with Crippen LogP contribution in [0.15, 0.2) is 48.5 Å². The Bertz CT molecular complexity index is 1380. The molecule has 0 N–H and O–H groups in total. The van der Waals surface area contributed by atoms with Crippen LogP contribution in [0.4, 0.5) is 0 Å². The van der Waals surface area contributed by atoms with Crippen molar-refractivity contribution < 1.29 is 9.47 Å². The summed E-state index contributed by atoms with van der Waals surface area (Å²) in [6.07, 6.45) is 3.34. The van der Waals surface area contributed by atoms with E-state index >= 15 is 0 Å². The van der Waals surface area contributed by atoms with Crippen molar-refractivity contribution in [2.45, 2.75) is 78.7 Å². The summed E-state index contributed by atoms with van der Waals surface area (Å²) in [5.74, 6) is 0. The van der Waals surface area contributed by atoms with E-state index in [-0.39, 0.29) is 22.5 Å². The lowest BCUT2D eigenvalue weighted by Crippen LogP contribution is -2.47. The van der Waals surface area contributed by atoms with Gasteiger partial charge < -0.3 is 9.47 Å². The molecule has 6 nitrogen and oxygen atoms in total. The number of ether oxygens (including phenoxy) is 2. The van der Waals surface area contributed by atoms with Crippen LogP contribution in [0.25, 0.3) is 22.1 Å². The van der Waals surface area contributed by atoms with Gasteiger partial charge in [-0.2, -0.15) is 9.97 Å². The minimum atomic E-state index is -0.291. The van der Waals surface area contributed by atoms with Crippen molar-refractivity contribution in [1.82, 2.24) is 19.1 Å². The molecule has 2 atom stereocenters. The van der Waals surface area contributed by atoms with E-state index in [1.165, 1.54) is 0 Å². The van der Waals surface area contributed by atoms with Crippen LogP contribution in [0.1, 0.15) is 53.9 Å². The van der Waals surface area contributed by atoms with E-state index in [9.17, 15) is 0 Å². The smallest absolute Gasteiger partial charge is 0.298 e. The third kappa shape index (κ3) is 3.38. The molecular weight excluding hydrogens is 424 g/mol. The van der Waals surface area contributed by atoms with E-state index in [1.807, 2.05) is 18.2 Å². The second-order valence-corrected chi connectivity index (χ2v) is 11.8. The number of para-hydroxylation sites is 4. The highest BCUT2D eigenvalue weighted by Gasteiger charge is 2.49. The van der Waals surface area contributed by atoms with Crippen LogP contribution in [0.2, 0.25) is 0 Å². The van der Waals surface area contributed by atoms with Crippen LogP contribution in [0, 0.1) is 10.8 Å². The van der Waals surface area contributed by atoms with Gasteiger partial charge in [-0.1, -0.05) is 52.0 Å². The van der Waals surface area contributed by atoms with Gasteiger partial charge in [0.15, 0.2) is 0 Å². The van der Waals surface area contributed by atoms with Gasteiger partial charge in [0, 0.05) is 5.41 Å². The Labute approximate surface area is 200 Å². The van der Waals surface area contributed by atoms with Crippen LogP contribution in [0.3, 0.4) is 0 Å². The van der Waals surface area contributed by atoms with Crippen molar-refractivity contribution in [3.8, 4) is 12.0 Å². The topological polar surface area (TPSA) is 54.1 Å². The average Bonchev–Trinajstić information content (AvgIpc) is 3.50. The van der Waals surface area contributed by atoms with Crippen LogP contribution in [-0.2, 0) is 13.1 Å². The lowest BCUT2D eigenvalue weighted by molar-refractivity contribution is -0.0260. The van der Waals surface area contributed by atoms with Crippen molar-refractivity contribution in [2.24, 2.45) is 10.8 Å². The molecule has 2 aliphatic rings. The summed E-state index contributed by atoms with van der Waals surface area (Å²) in [5, 5.41) is 0. The Kier molecular flexibility index (Phi) is 4.58. The molecule has 34 heavy (non-hydrogen) atoms. The van der Waals surface area contributed by atoms with E-state index in [2.05, 4.69) is 79.1 Å². The number of imidazole rings is 2. The molecule has 4 aromatic rings. The maximum atomic E-state index is 6.53. The molecule has 0 aliphatic carbocycles. The van der Waals surface area contributed by atoms with Gasteiger partial charge in [0.1, 0.15) is 11.7 Å². The summed E-state index contributed by atoms with van der Waals surface area (Å²) in [7, 11) is 0. The molecule has 0 spiro atoms. The highest BCUT2D eigenvalue weighted by molar-refractivity contribution is 5.77. The summed E-state index contributed by atoms with van der Waals surface area (Å²) in [4.78, 5) is 9.40. The number of aromatic nitrogens is 4. The van der Waals surface area contributed by atoms with Gasteiger partial charge in [-0.3, -0.25) is 9.13 Å². The van der Waals surface area contributed by atoms with Crippen molar-refractivity contribution >= 4 is 22.1 Å². The zero-order valence-electron chi connectivity index (χ0n) is 20.8. The predicted octanol–water partition coefficient (Wildman–Crippen LogP) is 6.22. The maximum Gasteiger partial charge on any atom is 0.298 e. The van der Waals surface area contributed by atoms with Gasteiger partial charge in [0.05, 0.1) is 35.2 Å². The van der Waals surface area contributed by atoms with Crippen molar-refractivity contribution in [1.29, 1.82) is 0 Å². The number of hydrogen-bond acceptors (Lipinski definition) is 4. The fraction of sp³-hybridized carbons (Fsp3) is 0.500. The molecule has 2 aromatic heterocycles. The Hall–Kier alpha value is -3.02. The van der Waals surface area contributed by atoms with Gasteiger partial charge in [-0.05, 0) is 55.9 Å². The average molecular weight is 459 g/mol. The Balaban J connectivity index is 1.11. The summed E-state index contributed by atoms with van der Waals surface area (Å²) < 4.78 is 17.3. The molecule has 6 rings (SSSR count). The number of benzene rings is 2. The van der Waals surface area contributed by atoms with Crippen molar-refractivity contribution in [3.05, 3.63) is 48.5 Å². The number of nitrogens with zero attached hydrogens (tertiary/aromatic N) is 4. The maximum absolute atomic E-state index is 6.53. The second kappa shape index (κ2) is 7.24. The zero-order chi connectivity index (χ0) is 23.7. The van der Waals surface area contributed by atoms with Gasteiger partial charge in [0.25, 0.3) is 12.0 Å². The minimum absolute atomic E-state index is 0.00830. The summed E-state index contributed by atoms with van der Waals surface area (Å²) >= 11 is 0. The van der Waals surface area contributed by atoms with Gasteiger partial charge in [-0.25, -0.2) is 0 Å². The molecule has 6 heteroatoms. The van der Waals surface area contributed by atoms with Gasteiger partial charge in [-0.15, -0.1) is 0 Å². The first-order valence-corrected chi connectivity index (χ1v) is 12.4. The Morgan fingerprint density at radius 3 is 2.21 bits per heavy atom. The van der Waals surface area contributed by atoms with Crippen LogP contribution in [0.5, 0.6) is 12.0 Å². The third-order valence-electron chi connectivity index (χ3n) is 8.31. The van der Waals surface area contributed by atoms with Crippen molar-refractivity contribution in [2.75, 3.05) is 0 Å². The molecule has 0 fully saturated rings. The Morgan fingerprint density at radius 1 is 0.882 bits per heavy atom. The van der Waals surface area contributed by atoms with E-state index in [1.54, 1.807) is 0 Å². The highest BCUT2D eigenvalue weighted by atomic mass is 16.5. The largest absolute Gasteiger partial charge is 0.459 e. The number of rotatable bonds is 6. The van der Waals surface area contributed by atoms with Crippen LogP contribution < -0.4 is 9.47 Å². The van der Waals surface area contributed by atoms with Crippen LogP contribution in [-0.4, -0.2) is 30.8 Å². The summed E-state index contributed by atoms with van der Waals surface area (Å²) in [6, 6.07) is 18.1. The third-order valence-corrected chi connectivity index (χ3v) is 8.31. The van der Waals surface area contributed by atoms with Gasteiger partial charge in [0.2, 0.25) is 0 Å². The van der Waals surface area contributed by atoms with E-state index in [4.69, 9.17) is 14.5 Å². The zero-order valence-corrected chi connectivity index (χ0v) is 20.8. The Morgan fingerprint density at radius 2 is 1.50 bits per heavy atom. The van der Waals surface area contributed by atoms with Crippen LogP contribution >= 0.6 is 0 Å². The molecule has 0 amide bonds. The quantitative estimate of drug-likeness (QED) is 0.344. The minimum Gasteiger partial charge on any atom is -0.459 e.